The van der Waals surface area contributed by atoms with Crippen molar-refractivity contribution in [3.63, 3.8) is 0 Å². The molecule has 3 heterocycles. The van der Waals surface area contributed by atoms with Gasteiger partial charge in [0.15, 0.2) is 0 Å². The summed E-state index contributed by atoms with van der Waals surface area (Å²) in [4.78, 5) is 2.61. The summed E-state index contributed by atoms with van der Waals surface area (Å²) in [6, 6.07) is 1.00. The molecule has 108 valence electrons. The Morgan fingerprint density at radius 3 is 3.21 bits per heavy atom. The van der Waals surface area contributed by atoms with Crippen molar-refractivity contribution in [1.82, 2.24) is 10.2 Å². The van der Waals surface area contributed by atoms with Gasteiger partial charge in [0, 0.05) is 12.6 Å². The van der Waals surface area contributed by atoms with E-state index in [-0.39, 0.29) is 6.10 Å². The summed E-state index contributed by atoms with van der Waals surface area (Å²) in [5, 5.41) is 3.60. The van der Waals surface area contributed by atoms with Crippen LogP contribution >= 0.6 is 0 Å². The minimum atomic E-state index is 0.280. The van der Waals surface area contributed by atoms with Crippen LogP contribution in [0.5, 0.6) is 0 Å². The number of likely N-dealkylation sites (N-methyl/N-ethyl adjacent to an activating group) is 1. The topological polar surface area (TPSA) is 33.7 Å². The van der Waals surface area contributed by atoms with Gasteiger partial charge >= 0.3 is 0 Å². The predicted octanol–water partition coefficient (Wildman–Crippen LogP) is 1.52. The summed E-state index contributed by atoms with van der Waals surface area (Å²) in [7, 11) is 0. The van der Waals surface area contributed by atoms with E-state index in [9.17, 15) is 0 Å². The summed E-state index contributed by atoms with van der Waals surface area (Å²) in [5.41, 5.74) is 1.38. The van der Waals surface area contributed by atoms with Crippen LogP contribution in [0.3, 0.4) is 0 Å². The second kappa shape index (κ2) is 6.25. The van der Waals surface area contributed by atoms with Crippen molar-refractivity contribution in [1.29, 1.82) is 0 Å². The third-order valence-electron chi connectivity index (χ3n) is 4.57. The molecule has 19 heavy (non-hydrogen) atoms. The minimum absolute atomic E-state index is 0.280. The monoisotopic (exact) mass is 266 g/mol. The third-order valence-corrected chi connectivity index (χ3v) is 4.57. The molecule has 0 aromatic heterocycles. The van der Waals surface area contributed by atoms with E-state index in [1.165, 1.54) is 25.0 Å². The quantitative estimate of drug-likeness (QED) is 0.836. The number of ether oxygens (including phenoxy) is 2. The molecule has 0 saturated carbocycles. The van der Waals surface area contributed by atoms with Gasteiger partial charge in [-0.3, -0.25) is 4.90 Å². The van der Waals surface area contributed by atoms with E-state index < -0.39 is 0 Å². The number of fused-ring (bicyclic) bond motifs is 1. The van der Waals surface area contributed by atoms with Gasteiger partial charge in [-0.1, -0.05) is 6.92 Å². The van der Waals surface area contributed by atoms with Gasteiger partial charge < -0.3 is 14.8 Å². The SMILES string of the molecule is CCNC(C1=COCCC1)C1CN2CCCC2CO1. The molecule has 4 nitrogen and oxygen atoms in total. The van der Waals surface area contributed by atoms with Gasteiger partial charge in [-0.15, -0.1) is 0 Å². The Labute approximate surface area is 116 Å². The Kier molecular flexibility index (Phi) is 4.41. The average Bonchev–Trinajstić information content (AvgIpc) is 2.93. The predicted molar refractivity (Wildman–Crippen MR) is 75.1 cm³/mol. The summed E-state index contributed by atoms with van der Waals surface area (Å²) < 4.78 is 11.7. The van der Waals surface area contributed by atoms with Gasteiger partial charge in [0.05, 0.1) is 31.6 Å². The third kappa shape index (κ3) is 2.96. The molecule has 1 N–H and O–H groups in total. The highest BCUT2D eigenvalue weighted by atomic mass is 16.5. The molecule has 3 aliphatic heterocycles. The number of nitrogens with one attached hydrogen (secondary N) is 1. The lowest BCUT2D eigenvalue weighted by Gasteiger charge is -2.40. The molecule has 3 unspecified atom stereocenters. The Balaban J connectivity index is 1.67. The smallest absolute Gasteiger partial charge is 0.0895 e. The molecule has 0 radical (unpaired) electrons. The van der Waals surface area contributed by atoms with Crippen molar-refractivity contribution in [3.05, 3.63) is 11.8 Å². The Bertz CT molecular complexity index is 332. The fourth-order valence-corrected chi connectivity index (χ4v) is 3.58. The van der Waals surface area contributed by atoms with Crippen molar-refractivity contribution in [2.24, 2.45) is 0 Å². The van der Waals surface area contributed by atoms with Crippen molar-refractivity contribution in [2.45, 2.75) is 50.8 Å². The molecule has 3 rings (SSSR count). The molecule has 0 spiro atoms. The first-order valence-electron chi connectivity index (χ1n) is 7.78. The van der Waals surface area contributed by atoms with Crippen molar-refractivity contribution >= 4 is 0 Å². The van der Waals surface area contributed by atoms with E-state index in [2.05, 4.69) is 17.1 Å². The maximum Gasteiger partial charge on any atom is 0.0895 e. The molecule has 2 fully saturated rings. The molecule has 3 atom stereocenters. The van der Waals surface area contributed by atoms with Gasteiger partial charge in [-0.05, 0) is 44.3 Å². The maximum atomic E-state index is 6.16. The zero-order valence-electron chi connectivity index (χ0n) is 11.9. The Morgan fingerprint density at radius 1 is 1.47 bits per heavy atom. The zero-order valence-corrected chi connectivity index (χ0v) is 11.9. The lowest BCUT2D eigenvalue weighted by molar-refractivity contribution is -0.0601. The second-order valence-corrected chi connectivity index (χ2v) is 5.87. The maximum absolute atomic E-state index is 6.16. The number of morpholine rings is 1. The fourth-order valence-electron chi connectivity index (χ4n) is 3.58. The van der Waals surface area contributed by atoms with Crippen LogP contribution in [0.25, 0.3) is 0 Å². The first kappa shape index (κ1) is 13.4. The van der Waals surface area contributed by atoms with Gasteiger partial charge in [0.25, 0.3) is 0 Å². The highest BCUT2D eigenvalue weighted by molar-refractivity contribution is 5.14. The van der Waals surface area contributed by atoms with Crippen LogP contribution in [0.15, 0.2) is 11.8 Å². The first-order valence-corrected chi connectivity index (χ1v) is 7.78. The molecule has 0 amide bonds. The van der Waals surface area contributed by atoms with Crippen LogP contribution in [0.1, 0.15) is 32.6 Å². The normalized spacial score (nSPS) is 33.4. The largest absolute Gasteiger partial charge is 0.501 e. The summed E-state index contributed by atoms with van der Waals surface area (Å²) in [6.07, 6.45) is 7.16. The first-order chi connectivity index (χ1) is 9.38. The van der Waals surface area contributed by atoms with Crippen molar-refractivity contribution in [3.8, 4) is 0 Å². The lowest BCUT2D eigenvalue weighted by Crippen LogP contribution is -2.54. The number of hydrogen-bond acceptors (Lipinski definition) is 4. The van der Waals surface area contributed by atoms with E-state index >= 15 is 0 Å². The summed E-state index contributed by atoms with van der Waals surface area (Å²) >= 11 is 0. The van der Waals surface area contributed by atoms with E-state index in [4.69, 9.17) is 9.47 Å². The number of hydrogen-bond donors (Lipinski definition) is 1. The molecule has 0 bridgehead atoms. The molecular weight excluding hydrogens is 240 g/mol. The van der Waals surface area contributed by atoms with E-state index in [0.29, 0.717) is 12.1 Å². The highest BCUT2D eigenvalue weighted by Gasteiger charge is 2.36. The molecular formula is C15H26N2O2. The van der Waals surface area contributed by atoms with E-state index in [1.54, 1.807) is 0 Å². The van der Waals surface area contributed by atoms with Crippen LogP contribution in [-0.4, -0.2) is 55.9 Å². The molecule has 3 aliphatic rings. The van der Waals surface area contributed by atoms with Crippen LogP contribution in [0, 0.1) is 0 Å². The van der Waals surface area contributed by atoms with Gasteiger partial charge in [0.2, 0.25) is 0 Å². The number of rotatable bonds is 4. The van der Waals surface area contributed by atoms with Gasteiger partial charge in [-0.2, -0.15) is 0 Å². The van der Waals surface area contributed by atoms with Gasteiger partial charge in [0.1, 0.15) is 0 Å². The van der Waals surface area contributed by atoms with Crippen LogP contribution in [0.4, 0.5) is 0 Å². The van der Waals surface area contributed by atoms with E-state index in [0.717, 1.165) is 39.1 Å². The molecule has 2 saturated heterocycles. The molecule has 4 heteroatoms. The minimum Gasteiger partial charge on any atom is -0.501 e. The molecule has 0 aromatic carbocycles. The summed E-state index contributed by atoms with van der Waals surface area (Å²) in [5.74, 6) is 0. The zero-order chi connectivity index (χ0) is 13.1. The Hall–Kier alpha value is -0.580. The van der Waals surface area contributed by atoms with Crippen LogP contribution < -0.4 is 5.32 Å². The second-order valence-electron chi connectivity index (χ2n) is 5.87. The van der Waals surface area contributed by atoms with Crippen LogP contribution in [-0.2, 0) is 9.47 Å². The molecule has 0 aliphatic carbocycles. The van der Waals surface area contributed by atoms with Crippen molar-refractivity contribution < 1.29 is 9.47 Å². The lowest BCUT2D eigenvalue weighted by atomic mass is 9.95. The fraction of sp³-hybridized carbons (Fsp3) is 0.867. The van der Waals surface area contributed by atoms with Gasteiger partial charge in [-0.25, -0.2) is 0 Å². The highest BCUT2D eigenvalue weighted by Crippen LogP contribution is 2.27. The standard InChI is InChI=1S/C15H26N2O2/c1-2-16-15(12-5-4-8-18-10-12)14-9-17-7-3-6-13(17)11-19-14/h10,13-16H,2-9,11H2,1H3. The van der Waals surface area contributed by atoms with Crippen molar-refractivity contribution in [2.75, 3.05) is 32.8 Å². The number of nitrogens with zero attached hydrogens (tertiary/aromatic N) is 1. The van der Waals surface area contributed by atoms with Crippen LogP contribution in [0.2, 0.25) is 0 Å². The molecule has 0 aromatic rings. The Morgan fingerprint density at radius 2 is 2.42 bits per heavy atom. The summed E-state index contributed by atoms with van der Waals surface area (Å²) in [6.45, 7) is 7.23. The van der Waals surface area contributed by atoms with E-state index in [1.807, 2.05) is 6.26 Å². The average molecular weight is 266 g/mol.